The molecular weight excluding hydrogens is 270 g/mol. The number of nitrogens with one attached hydrogen (secondary N) is 1. The van der Waals surface area contributed by atoms with Gasteiger partial charge in [-0.05, 0) is 31.5 Å². The maximum atomic E-state index is 6.24. The molecule has 0 aliphatic carbocycles. The van der Waals surface area contributed by atoms with Gasteiger partial charge in [-0.2, -0.15) is 0 Å². The van der Waals surface area contributed by atoms with E-state index >= 15 is 0 Å². The third-order valence-electron chi connectivity index (χ3n) is 3.48. The summed E-state index contributed by atoms with van der Waals surface area (Å²) >= 11 is 6.24. The highest BCUT2D eigenvalue weighted by Crippen LogP contribution is 2.28. The summed E-state index contributed by atoms with van der Waals surface area (Å²) in [6.07, 6.45) is 0. The maximum absolute atomic E-state index is 6.24. The van der Waals surface area contributed by atoms with Crippen LogP contribution in [-0.2, 0) is 0 Å². The van der Waals surface area contributed by atoms with Crippen molar-refractivity contribution in [2.75, 3.05) is 7.11 Å². The van der Waals surface area contributed by atoms with E-state index < -0.39 is 0 Å². The maximum Gasteiger partial charge on any atom is 0.123 e. The van der Waals surface area contributed by atoms with E-state index in [1.807, 2.05) is 36.4 Å². The van der Waals surface area contributed by atoms with Crippen molar-refractivity contribution in [1.82, 2.24) is 5.32 Å². The average molecular weight is 290 g/mol. The van der Waals surface area contributed by atoms with Crippen molar-refractivity contribution in [3.8, 4) is 5.75 Å². The van der Waals surface area contributed by atoms with Gasteiger partial charge < -0.3 is 10.1 Å². The molecule has 20 heavy (non-hydrogen) atoms. The molecule has 1 N–H and O–H groups in total. The molecule has 2 aromatic rings. The Hall–Kier alpha value is -1.51. The van der Waals surface area contributed by atoms with Gasteiger partial charge in [-0.3, -0.25) is 0 Å². The van der Waals surface area contributed by atoms with Crippen LogP contribution in [0.4, 0.5) is 0 Å². The molecule has 0 saturated carbocycles. The third kappa shape index (κ3) is 3.33. The van der Waals surface area contributed by atoms with E-state index in [1.165, 1.54) is 0 Å². The number of methoxy groups -OCH3 is 1. The third-order valence-corrected chi connectivity index (χ3v) is 3.82. The van der Waals surface area contributed by atoms with Crippen LogP contribution in [0.15, 0.2) is 48.5 Å². The standard InChI is InChI=1S/C17H20ClNO/c1-12(14-8-4-6-10-16(14)18)19-13(2)15-9-5-7-11-17(15)20-3/h4-13,19H,1-3H3/t12?,13-/m0/s1. The monoisotopic (exact) mass is 289 g/mol. The van der Waals surface area contributed by atoms with Gasteiger partial charge in [0.2, 0.25) is 0 Å². The van der Waals surface area contributed by atoms with E-state index in [-0.39, 0.29) is 12.1 Å². The van der Waals surface area contributed by atoms with Crippen molar-refractivity contribution >= 4 is 11.6 Å². The lowest BCUT2D eigenvalue weighted by Gasteiger charge is -2.23. The Kier molecular flexibility index (Phi) is 5.05. The van der Waals surface area contributed by atoms with Gasteiger partial charge in [0.05, 0.1) is 7.11 Å². The smallest absolute Gasteiger partial charge is 0.123 e. The normalized spacial score (nSPS) is 13.8. The molecule has 0 amide bonds. The van der Waals surface area contributed by atoms with Crippen molar-refractivity contribution in [3.05, 3.63) is 64.7 Å². The zero-order chi connectivity index (χ0) is 14.5. The van der Waals surface area contributed by atoms with Crippen molar-refractivity contribution in [2.45, 2.75) is 25.9 Å². The first-order valence-corrected chi connectivity index (χ1v) is 7.14. The molecule has 106 valence electrons. The predicted molar refractivity (Wildman–Crippen MR) is 84.4 cm³/mol. The molecule has 0 aromatic heterocycles. The van der Waals surface area contributed by atoms with Crippen molar-refractivity contribution in [2.24, 2.45) is 0 Å². The van der Waals surface area contributed by atoms with Crippen LogP contribution < -0.4 is 10.1 Å². The molecule has 0 radical (unpaired) electrons. The summed E-state index contributed by atoms with van der Waals surface area (Å²) in [5, 5.41) is 4.35. The summed E-state index contributed by atoms with van der Waals surface area (Å²) in [5.41, 5.74) is 2.25. The molecule has 0 heterocycles. The van der Waals surface area contributed by atoms with Crippen LogP contribution in [0, 0.1) is 0 Å². The molecule has 2 aromatic carbocycles. The fraction of sp³-hybridized carbons (Fsp3) is 0.294. The summed E-state index contributed by atoms with van der Waals surface area (Å²) in [5.74, 6) is 0.902. The summed E-state index contributed by atoms with van der Waals surface area (Å²) in [7, 11) is 1.70. The van der Waals surface area contributed by atoms with Gasteiger partial charge >= 0.3 is 0 Å². The second-order valence-corrected chi connectivity index (χ2v) is 5.28. The minimum absolute atomic E-state index is 0.170. The van der Waals surface area contributed by atoms with E-state index in [0.717, 1.165) is 21.9 Å². The molecular formula is C17H20ClNO. The number of rotatable bonds is 5. The minimum atomic E-state index is 0.170. The van der Waals surface area contributed by atoms with Gasteiger partial charge in [0.25, 0.3) is 0 Å². The molecule has 0 spiro atoms. The minimum Gasteiger partial charge on any atom is -0.496 e. The van der Waals surface area contributed by atoms with Crippen LogP contribution in [0.5, 0.6) is 5.75 Å². The van der Waals surface area contributed by atoms with Gasteiger partial charge in [-0.1, -0.05) is 48.0 Å². The van der Waals surface area contributed by atoms with E-state index in [2.05, 4.69) is 31.3 Å². The van der Waals surface area contributed by atoms with Gasteiger partial charge in [-0.25, -0.2) is 0 Å². The number of halogens is 1. The van der Waals surface area contributed by atoms with E-state index in [1.54, 1.807) is 7.11 Å². The predicted octanol–water partition coefficient (Wildman–Crippen LogP) is 4.76. The first-order chi connectivity index (χ1) is 9.63. The van der Waals surface area contributed by atoms with Crippen LogP contribution in [0.25, 0.3) is 0 Å². The first-order valence-electron chi connectivity index (χ1n) is 6.77. The second kappa shape index (κ2) is 6.78. The van der Waals surface area contributed by atoms with Crippen molar-refractivity contribution in [1.29, 1.82) is 0 Å². The Morgan fingerprint density at radius 2 is 1.45 bits per heavy atom. The summed E-state index contributed by atoms with van der Waals surface area (Å²) < 4.78 is 5.41. The molecule has 2 nitrogen and oxygen atoms in total. The van der Waals surface area contributed by atoms with Gasteiger partial charge in [0.1, 0.15) is 5.75 Å². The summed E-state index contributed by atoms with van der Waals surface area (Å²) in [6, 6.07) is 16.3. The highest BCUT2D eigenvalue weighted by atomic mass is 35.5. The average Bonchev–Trinajstić information content (AvgIpc) is 2.47. The SMILES string of the molecule is COc1ccccc1[C@H](C)NC(C)c1ccccc1Cl. The number of ether oxygens (including phenoxy) is 1. The van der Waals surface area contributed by atoms with Crippen LogP contribution >= 0.6 is 11.6 Å². The fourth-order valence-electron chi connectivity index (χ4n) is 2.40. The zero-order valence-corrected chi connectivity index (χ0v) is 12.8. The molecule has 0 fully saturated rings. The summed E-state index contributed by atoms with van der Waals surface area (Å²) in [4.78, 5) is 0. The quantitative estimate of drug-likeness (QED) is 0.857. The largest absolute Gasteiger partial charge is 0.496 e. The van der Waals surface area contributed by atoms with Crippen LogP contribution in [0.3, 0.4) is 0 Å². The fourth-order valence-corrected chi connectivity index (χ4v) is 2.70. The molecule has 0 saturated heterocycles. The topological polar surface area (TPSA) is 21.3 Å². The van der Waals surface area contributed by atoms with Gasteiger partial charge in [-0.15, -0.1) is 0 Å². The van der Waals surface area contributed by atoms with E-state index in [0.29, 0.717) is 0 Å². The van der Waals surface area contributed by atoms with E-state index in [4.69, 9.17) is 16.3 Å². The number of para-hydroxylation sites is 1. The lowest BCUT2D eigenvalue weighted by Crippen LogP contribution is -2.23. The lowest BCUT2D eigenvalue weighted by atomic mass is 10.0. The molecule has 1 unspecified atom stereocenters. The van der Waals surface area contributed by atoms with Gasteiger partial charge in [0, 0.05) is 22.7 Å². The molecule has 2 atom stereocenters. The molecule has 2 rings (SSSR count). The van der Waals surface area contributed by atoms with Crippen molar-refractivity contribution < 1.29 is 4.74 Å². The lowest BCUT2D eigenvalue weighted by molar-refractivity contribution is 0.396. The highest BCUT2D eigenvalue weighted by Gasteiger charge is 2.15. The van der Waals surface area contributed by atoms with Gasteiger partial charge in [0.15, 0.2) is 0 Å². The Bertz CT molecular complexity index is 570. The Labute approximate surface area is 125 Å². The Morgan fingerprint density at radius 3 is 2.10 bits per heavy atom. The molecule has 0 aliphatic heterocycles. The zero-order valence-electron chi connectivity index (χ0n) is 12.1. The van der Waals surface area contributed by atoms with Crippen LogP contribution in [-0.4, -0.2) is 7.11 Å². The highest BCUT2D eigenvalue weighted by molar-refractivity contribution is 6.31. The number of hydrogen-bond acceptors (Lipinski definition) is 2. The Morgan fingerprint density at radius 1 is 0.900 bits per heavy atom. The molecule has 3 heteroatoms. The second-order valence-electron chi connectivity index (χ2n) is 4.87. The van der Waals surface area contributed by atoms with Crippen LogP contribution in [0.1, 0.15) is 37.1 Å². The number of hydrogen-bond donors (Lipinski definition) is 1. The van der Waals surface area contributed by atoms with E-state index in [9.17, 15) is 0 Å². The first kappa shape index (κ1) is 14.9. The molecule has 0 bridgehead atoms. The summed E-state index contributed by atoms with van der Waals surface area (Å²) in [6.45, 7) is 4.25. The van der Waals surface area contributed by atoms with Crippen LogP contribution in [0.2, 0.25) is 5.02 Å². The van der Waals surface area contributed by atoms with Crippen molar-refractivity contribution in [3.63, 3.8) is 0 Å². The molecule has 0 aliphatic rings. The number of benzene rings is 2. The Balaban J connectivity index is 2.15.